The molecule has 0 spiro atoms. The minimum atomic E-state index is 0.255. The van der Waals surface area contributed by atoms with Gasteiger partial charge >= 0.3 is 0 Å². The van der Waals surface area contributed by atoms with Crippen LogP contribution >= 0.6 is 11.6 Å². The van der Waals surface area contributed by atoms with Gasteiger partial charge in [0.05, 0.1) is 12.6 Å². The number of halogens is 1. The van der Waals surface area contributed by atoms with Crippen molar-refractivity contribution in [3.05, 3.63) is 23.4 Å². The third-order valence-electron chi connectivity index (χ3n) is 2.35. The molecule has 0 bridgehead atoms. The Morgan fingerprint density at radius 3 is 2.75 bits per heavy atom. The molecule has 3 nitrogen and oxygen atoms in total. The first kappa shape index (κ1) is 13.3. The van der Waals surface area contributed by atoms with Gasteiger partial charge in [-0.15, -0.1) is 0 Å². The van der Waals surface area contributed by atoms with Crippen LogP contribution in [0.25, 0.3) is 0 Å². The van der Waals surface area contributed by atoms with Gasteiger partial charge in [0, 0.05) is 6.61 Å². The molecule has 0 aliphatic rings. The van der Waals surface area contributed by atoms with Gasteiger partial charge in [0.1, 0.15) is 11.0 Å². The number of nitrogens with zero attached hydrogens (tertiary/aromatic N) is 1. The highest BCUT2D eigenvalue weighted by atomic mass is 35.5. The first-order valence-electron chi connectivity index (χ1n) is 5.60. The predicted octanol–water partition coefficient (Wildman–Crippen LogP) is 3.21. The van der Waals surface area contributed by atoms with Gasteiger partial charge in [-0.25, -0.2) is 4.98 Å². The number of aromatic nitrogens is 1. The first-order chi connectivity index (χ1) is 7.63. The van der Waals surface area contributed by atoms with Crippen molar-refractivity contribution in [2.45, 2.75) is 26.8 Å². The van der Waals surface area contributed by atoms with Crippen LogP contribution in [-0.2, 0) is 4.74 Å². The summed E-state index contributed by atoms with van der Waals surface area (Å²) in [6.45, 7) is 7.72. The van der Waals surface area contributed by atoms with Crippen molar-refractivity contribution >= 4 is 17.4 Å². The molecule has 90 valence electrons. The van der Waals surface area contributed by atoms with E-state index in [0.717, 1.165) is 12.4 Å². The quantitative estimate of drug-likeness (QED) is 0.778. The Morgan fingerprint density at radius 1 is 1.44 bits per heavy atom. The minimum Gasteiger partial charge on any atom is -0.380 e. The lowest BCUT2D eigenvalue weighted by Crippen LogP contribution is -2.31. The summed E-state index contributed by atoms with van der Waals surface area (Å²) in [5.41, 5.74) is 0. The van der Waals surface area contributed by atoms with Crippen molar-refractivity contribution in [1.29, 1.82) is 0 Å². The van der Waals surface area contributed by atoms with Gasteiger partial charge in [0.2, 0.25) is 0 Å². The number of hydrogen-bond acceptors (Lipinski definition) is 3. The summed E-state index contributed by atoms with van der Waals surface area (Å²) < 4.78 is 5.44. The molecule has 1 atom stereocenters. The van der Waals surface area contributed by atoms with Crippen LogP contribution in [0, 0.1) is 5.92 Å². The van der Waals surface area contributed by atoms with Crippen LogP contribution in [0.4, 0.5) is 5.82 Å². The van der Waals surface area contributed by atoms with Gasteiger partial charge in [-0.2, -0.15) is 0 Å². The second-order valence-corrected chi connectivity index (χ2v) is 4.39. The highest BCUT2D eigenvalue weighted by Gasteiger charge is 2.13. The lowest BCUT2D eigenvalue weighted by molar-refractivity contribution is 0.126. The maximum atomic E-state index is 5.83. The van der Waals surface area contributed by atoms with Crippen LogP contribution in [0.15, 0.2) is 18.2 Å². The van der Waals surface area contributed by atoms with Crippen molar-refractivity contribution < 1.29 is 4.74 Å². The monoisotopic (exact) mass is 242 g/mol. The molecule has 1 aromatic heterocycles. The lowest BCUT2D eigenvalue weighted by Gasteiger charge is -2.22. The molecule has 1 rings (SSSR count). The van der Waals surface area contributed by atoms with Crippen LogP contribution in [0.2, 0.25) is 5.15 Å². The Morgan fingerprint density at radius 2 is 2.19 bits per heavy atom. The minimum absolute atomic E-state index is 0.255. The Labute approximate surface area is 102 Å². The van der Waals surface area contributed by atoms with Gasteiger partial charge < -0.3 is 10.1 Å². The molecule has 0 aliphatic heterocycles. The fourth-order valence-corrected chi connectivity index (χ4v) is 1.49. The number of anilines is 1. The van der Waals surface area contributed by atoms with Gasteiger partial charge in [0.15, 0.2) is 0 Å². The van der Waals surface area contributed by atoms with Crippen LogP contribution in [0.5, 0.6) is 0 Å². The third kappa shape index (κ3) is 4.37. The molecule has 1 aromatic rings. The zero-order chi connectivity index (χ0) is 12.0. The van der Waals surface area contributed by atoms with Gasteiger partial charge in [-0.1, -0.05) is 31.5 Å². The van der Waals surface area contributed by atoms with Crippen molar-refractivity contribution in [2.75, 3.05) is 18.5 Å². The van der Waals surface area contributed by atoms with E-state index in [-0.39, 0.29) is 6.04 Å². The topological polar surface area (TPSA) is 34.1 Å². The first-order valence-corrected chi connectivity index (χ1v) is 5.98. The lowest BCUT2D eigenvalue weighted by atomic mass is 10.1. The zero-order valence-corrected chi connectivity index (χ0v) is 10.8. The van der Waals surface area contributed by atoms with Crippen molar-refractivity contribution in [1.82, 2.24) is 4.98 Å². The predicted molar refractivity (Wildman–Crippen MR) is 68.0 cm³/mol. The van der Waals surface area contributed by atoms with Crippen molar-refractivity contribution in [2.24, 2.45) is 5.92 Å². The number of nitrogens with one attached hydrogen (secondary N) is 1. The van der Waals surface area contributed by atoms with Crippen LogP contribution in [0.3, 0.4) is 0 Å². The molecule has 1 heterocycles. The SMILES string of the molecule is CCOCC(Nc1cccc(Cl)n1)C(C)C. The average molecular weight is 243 g/mol. The maximum absolute atomic E-state index is 5.83. The van der Waals surface area contributed by atoms with E-state index in [1.165, 1.54) is 0 Å². The van der Waals surface area contributed by atoms with Crippen LogP contribution in [0.1, 0.15) is 20.8 Å². The maximum Gasteiger partial charge on any atom is 0.131 e. The Balaban J connectivity index is 2.60. The van der Waals surface area contributed by atoms with Crippen LogP contribution < -0.4 is 5.32 Å². The number of ether oxygens (including phenoxy) is 1. The van der Waals surface area contributed by atoms with Gasteiger partial charge in [-0.3, -0.25) is 0 Å². The molecule has 0 radical (unpaired) electrons. The number of pyridine rings is 1. The van der Waals surface area contributed by atoms with E-state index in [0.29, 0.717) is 17.7 Å². The van der Waals surface area contributed by atoms with E-state index in [4.69, 9.17) is 16.3 Å². The Bertz CT molecular complexity index is 318. The van der Waals surface area contributed by atoms with Crippen molar-refractivity contribution in [3.63, 3.8) is 0 Å². The Hall–Kier alpha value is -0.800. The second-order valence-electron chi connectivity index (χ2n) is 4.00. The van der Waals surface area contributed by atoms with Crippen molar-refractivity contribution in [3.8, 4) is 0 Å². The summed E-state index contributed by atoms with van der Waals surface area (Å²) in [5, 5.41) is 3.84. The highest BCUT2D eigenvalue weighted by molar-refractivity contribution is 6.29. The molecule has 0 amide bonds. The van der Waals surface area contributed by atoms with Crippen LogP contribution in [-0.4, -0.2) is 24.2 Å². The van der Waals surface area contributed by atoms with Gasteiger partial charge in [0.25, 0.3) is 0 Å². The molecular formula is C12H19ClN2O. The van der Waals surface area contributed by atoms with E-state index in [1.54, 1.807) is 6.07 Å². The Kier molecular flexibility index (Phi) is 5.56. The summed E-state index contributed by atoms with van der Waals surface area (Å²) in [5.74, 6) is 1.28. The largest absolute Gasteiger partial charge is 0.380 e. The molecule has 0 fully saturated rings. The summed E-state index contributed by atoms with van der Waals surface area (Å²) in [4.78, 5) is 4.20. The van der Waals surface area contributed by atoms with E-state index >= 15 is 0 Å². The van der Waals surface area contributed by atoms with E-state index in [9.17, 15) is 0 Å². The summed E-state index contributed by atoms with van der Waals surface area (Å²) in [7, 11) is 0. The fraction of sp³-hybridized carbons (Fsp3) is 0.583. The summed E-state index contributed by atoms with van der Waals surface area (Å²) >= 11 is 5.83. The van der Waals surface area contributed by atoms with Gasteiger partial charge in [-0.05, 0) is 25.0 Å². The second kappa shape index (κ2) is 6.71. The molecule has 4 heteroatoms. The molecular weight excluding hydrogens is 224 g/mol. The fourth-order valence-electron chi connectivity index (χ4n) is 1.32. The molecule has 0 aromatic carbocycles. The molecule has 0 saturated carbocycles. The zero-order valence-electron chi connectivity index (χ0n) is 10.0. The molecule has 1 unspecified atom stereocenters. The number of rotatable bonds is 6. The van der Waals surface area contributed by atoms with E-state index in [2.05, 4.69) is 24.1 Å². The van der Waals surface area contributed by atoms with E-state index < -0.39 is 0 Å². The normalized spacial score (nSPS) is 12.8. The third-order valence-corrected chi connectivity index (χ3v) is 2.57. The molecule has 0 saturated heterocycles. The molecule has 0 aliphatic carbocycles. The summed E-state index contributed by atoms with van der Waals surface area (Å²) in [6, 6.07) is 5.81. The molecule has 1 N–H and O–H groups in total. The average Bonchev–Trinajstić information content (AvgIpc) is 2.24. The summed E-state index contributed by atoms with van der Waals surface area (Å²) in [6.07, 6.45) is 0. The number of hydrogen-bond donors (Lipinski definition) is 1. The smallest absolute Gasteiger partial charge is 0.131 e. The molecule has 16 heavy (non-hydrogen) atoms. The van der Waals surface area contributed by atoms with E-state index in [1.807, 2.05) is 19.1 Å². The standard InChI is InChI=1S/C12H19ClN2O/c1-4-16-8-10(9(2)3)14-12-7-5-6-11(13)15-12/h5-7,9-10H,4,8H2,1-3H3,(H,14,15). The highest BCUT2D eigenvalue weighted by Crippen LogP contribution is 2.13.